The maximum atomic E-state index is 12.4. The Morgan fingerprint density at radius 3 is 2.86 bits per heavy atom. The smallest absolute Gasteiger partial charge is 0.326 e. The van der Waals surface area contributed by atoms with Crippen LogP contribution in [0.15, 0.2) is 41.3 Å². The number of hydrogen-bond donors (Lipinski definition) is 2. The Morgan fingerprint density at radius 1 is 1.36 bits per heavy atom. The predicted octanol–water partition coefficient (Wildman–Crippen LogP) is 1.47. The van der Waals surface area contributed by atoms with E-state index >= 15 is 0 Å². The van der Waals surface area contributed by atoms with Crippen LogP contribution in [0, 0.1) is 0 Å². The quantitative estimate of drug-likeness (QED) is 0.873. The van der Waals surface area contributed by atoms with E-state index in [1.165, 1.54) is 10.1 Å². The standard InChI is InChI=1S/C16H17N3O3/c20-15-14(17-9-8-11-4-2-1-3-5-11)18-10-12-6-7-13(16(21)22)19(12)15/h1-5,10,13H,6-9H2,(H,17,18)(H,21,22)/t13-/m0/s1. The van der Waals surface area contributed by atoms with Gasteiger partial charge in [0.05, 0.1) is 0 Å². The molecule has 1 aliphatic rings. The van der Waals surface area contributed by atoms with Crippen molar-refractivity contribution in [2.75, 3.05) is 11.9 Å². The number of aryl methyl sites for hydroxylation is 1. The van der Waals surface area contributed by atoms with Gasteiger partial charge < -0.3 is 10.4 Å². The van der Waals surface area contributed by atoms with Crippen LogP contribution >= 0.6 is 0 Å². The Morgan fingerprint density at radius 2 is 2.14 bits per heavy atom. The average Bonchev–Trinajstić information content (AvgIpc) is 2.96. The van der Waals surface area contributed by atoms with E-state index in [4.69, 9.17) is 0 Å². The molecule has 22 heavy (non-hydrogen) atoms. The molecule has 0 saturated heterocycles. The van der Waals surface area contributed by atoms with Gasteiger partial charge in [0.2, 0.25) is 0 Å². The zero-order valence-electron chi connectivity index (χ0n) is 12.0. The van der Waals surface area contributed by atoms with Gasteiger partial charge in [0.25, 0.3) is 5.56 Å². The average molecular weight is 299 g/mol. The fraction of sp³-hybridized carbons (Fsp3) is 0.312. The van der Waals surface area contributed by atoms with Crippen molar-refractivity contribution in [3.63, 3.8) is 0 Å². The molecule has 0 bridgehead atoms. The molecule has 1 aliphatic heterocycles. The second kappa shape index (κ2) is 6.01. The van der Waals surface area contributed by atoms with Crippen LogP contribution in [0.5, 0.6) is 0 Å². The molecule has 0 amide bonds. The van der Waals surface area contributed by atoms with Gasteiger partial charge >= 0.3 is 5.97 Å². The van der Waals surface area contributed by atoms with Crippen LogP contribution in [0.25, 0.3) is 0 Å². The van der Waals surface area contributed by atoms with Crippen LogP contribution in [-0.2, 0) is 17.6 Å². The van der Waals surface area contributed by atoms with Gasteiger partial charge in [-0.05, 0) is 24.8 Å². The number of fused-ring (bicyclic) bond motifs is 1. The minimum absolute atomic E-state index is 0.216. The van der Waals surface area contributed by atoms with E-state index in [1.54, 1.807) is 6.20 Å². The number of nitrogens with one attached hydrogen (secondary N) is 1. The van der Waals surface area contributed by atoms with Crippen molar-refractivity contribution in [3.8, 4) is 0 Å². The summed E-state index contributed by atoms with van der Waals surface area (Å²) < 4.78 is 1.35. The summed E-state index contributed by atoms with van der Waals surface area (Å²) in [6, 6.07) is 9.15. The van der Waals surface area contributed by atoms with Gasteiger partial charge in [0.1, 0.15) is 6.04 Å². The van der Waals surface area contributed by atoms with Crippen LogP contribution in [0.3, 0.4) is 0 Å². The third kappa shape index (κ3) is 2.72. The maximum Gasteiger partial charge on any atom is 0.326 e. The number of aromatic nitrogens is 2. The summed E-state index contributed by atoms with van der Waals surface area (Å²) in [4.78, 5) is 27.8. The van der Waals surface area contributed by atoms with E-state index in [0.29, 0.717) is 25.1 Å². The predicted molar refractivity (Wildman–Crippen MR) is 82.1 cm³/mol. The summed E-state index contributed by atoms with van der Waals surface area (Å²) in [6.07, 6.45) is 3.38. The van der Waals surface area contributed by atoms with E-state index in [1.807, 2.05) is 30.3 Å². The summed E-state index contributed by atoms with van der Waals surface area (Å²) in [5, 5.41) is 12.2. The first kappa shape index (κ1) is 14.3. The van der Waals surface area contributed by atoms with Crippen molar-refractivity contribution < 1.29 is 9.90 Å². The van der Waals surface area contributed by atoms with Gasteiger partial charge in [-0.25, -0.2) is 9.78 Å². The van der Waals surface area contributed by atoms with Gasteiger partial charge in [0.15, 0.2) is 5.82 Å². The molecule has 6 nitrogen and oxygen atoms in total. The van der Waals surface area contributed by atoms with Crippen LogP contribution in [-0.4, -0.2) is 27.2 Å². The lowest BCUT2D eigenvalue weighted by Crippen LogP contribution is -2.30. The highest BCUT2D eigenvalue weighted by Gasteiger charge is 2.30. The first-order valence-electron chi connectivity index (χ1n) is 7.28. The molecule has 0 saturated carbocycles. The van der Waals surface area contributed by atoms with Gasteiger partial charge in [-0.2, -0.15) is 0 Å². The Kier molecular flexibility index (Phi) is 3.91. The topological polar surface area (TPSA) is 84.2 Å². The van der Waals surface area contributed by atoms with Crippen LogP contribution in [0.1, 0.15) is 23.7 Å². The van der Waals surface area contributed by atoms with Crippen LogP contribution in [0.4, 0.5) is 5.82 Å². The van der Waals surface area contributed by atoms with Gasteiger partial charge in [-0.15, -0.1) is 0 Å². The first-order chi connectivity index (χ1) is 10.7. The number of carboxylic acid groups (broad SMARTS) is 1. The molecule has 2 heterocycles. The monoisotopic (exact) mass is 299 g/mol. The summed E-state index contributed by atoms with van der Waals surface area (Å²) in [5.74, 6) is -0.755. The molecule has 1 aromatic carbocycles. The number of benzene rings is 1. The zero-order chi connectivity index (χ0) is 15.5. The highest BCUT2D eigenvalue weighted by Crippen LogP contribution is 2.23. The van der Waals surface area contributed by atoms with E-state index in [2.05, 4.69) is 10.3 Å². The molecule has 1 atom stereocenters. The Bertz CT molecular complexity index is 740. The molecule has 114 valence electrons. The largest absolute Gasteiger partial charge is 0.480 e. The normalized spacial score (nSPS) is 16.3. The lowest BCUT2D eigenvalue weighted by Gasteiger charge is -2.12. The third-order valence-corrected chi connectivity index (χ3v) is 3.89. The molecule has 0 spiro atoms. The molecule has 0 fully saturated rings. The van der Waals surface area contributed by atoms with Gasteiger partial charge in [0, 0.05) is 18.4 Å². The SMILES string of the molecule is O=C(O)[C@@H]1CCc2cnc(NCCc3ccccc3)c(=O)n21. The van der Waals surface area contributed by atoms with Crippen molar-refractivity contribution in [1.29, 1.82) is 0 Å². The van der Waals surface area contributed by atoms with Crippen molar-refractivity contribution in [2.45, 2.75) is 25.3 Å². The Balaban J connectivity index is 1.74. The highest BCUT2D eigenvalue weighted by molar-refractivity contribution is 5.72. The summed E-state index contributed by atoms with van der Waals surface area (Å²) in [7, 11) is 0. The molecule has 2 N–H and O–H groups in total. The number of nitrogens with zero attached hydrogens (tertiary/aromatic N) is 2. The molecule has 0 aliphatic carbocycles. The number of anilines is 1. The van der Waals surface area contributed by atoms with Gasteiger partial charge in [-0.1, -0.05) is 30.3 Å². The molecular formula is C16H17N3O3. The first-order valence-corrected chi connectivity index (χ1v) is 7.28. The lowest BCUT2D eigenvalue weighted by molar-refractivity contribution is -0.140. The molecular weight excluding hydrogens is 282 g/mol. The molecule has 6 heteroatoms. The fourth-order valence-electron chi connectivity index (χ4n) is 2.77. The van der Waals surface area contributed by atoms with E-state index in [9.17, 15) is 14.7 Å². The number of rotatable bonds is 5. The highest BCUT2D eigenvalue weighted by atomic mass is 16.4. The number of carboxylic acids is 1. The summed E-state index contributed by atoms with van der Waals surface area (Å²) >= 11 is 0. The maximum absolute atomic E-state index is 12.4. The second-order valence-corrected chi connectivity index (χ2v) is 5.33. The van der Waals surface area contributed by atoms with Crippen molar-refractivity contribution >= 4 is 11.8 Å². The Labute approximate surface area is 127 Å². The molecule has 1 aromatic heterocycles. The molecule has 0 unspecified atom stereocenters. The molecule has 0 radical (unpaired) electrons. The Hall–Kier alpha value is -2.63. The van der Waals surface area contributed by atoms with Crippen LogP contribution in [0.2, 0.25) is 0 Å². The fourth-order valence-corrected chi connectivity index (χ4v) is 2.77. The number of hydrogen-bond acceptors (Lipinski definition) is 4. The van der Waals surface area contributed by atoms with Crippen LogP contribution < -0.4 is 10.9 Å². The lowest BCUT2D eigenvalue weighted by atomic mass is 10.1. The van der Waals surface area contributed by atoms with E-state index in [0.717, 1.165) is 6.42 Å². The van der Waals surface area contributed by atoms with Gasteiger partial charge in [-0.3, -0.25) is 9.36 Å². The third-order valence-electron chi connectivity index (χ3n) is 3.89. The van der Waals surface area contributed by atoms with E-state index in [-0.39, 0.29) is 11.4 Å². The van der Waals surface area contributed by atoms with Crippen molar-refractivity contribution in [1.82, 2.24) is 9.55 Å². The number of carbonyl (C=O) groups is 1. The zero-order valence-corrected chi connectivity index (χ0v) is 12.0. The number of aliphatic carboxylic acids is 1. The van der Waals surface area contributed by atoms with Crippen molar-refractivity contribution in [2.24, 2.45) is 0 Å². The minimum Gasteiger partial charge on any atom is -0.480 e. The molecule has 2 aromatic rings. The molecule has 3 rings (SSSR count). The van der Waals surface area contributed by atoms with Crippen molar-refractivity contribution in [3.05, 3.63) is 58.1 Å². The van der Waals surface area contributed by atoms with E-state index < -0.39 is 12.0 Å². The second-order valence-electron chi connectivity index (χ2n) is 5.33. The minimum atomic E-state index is -0.970. The summed E-state index contributed by atoms with van der Waals surface area (Å²) in [6.45, 7) is 0.573. The summed E-state index contributed by atoms with van der Waals surface area (Å²) in [5.41, 5.74) is 1.50.